The second-order valence-electron chi connectivity index (χ2n) is 12.2. The predicted octanol–water partition coefficient (Wildman–Crippen LogP) is 5.82. The zero-order valence-corrected chi connectivity index (χ0v) is 29.0. The molecule has 2 aliphatic heterocycles. The molecule has 2 saturated heterocycles. The SMILES string of the molecule is COc1cc(-c2nccc(-c3ccnc(-c4cc(F)c(CNC[C@@H]5CCC(=O)N5)c(OC)c4)c3Cl)c2Cl)cc(F)c1CNC[C@H]1CCC(=O)N1. The van der Waals surface area contributed by atoms with Crippen molar-refractivity contribution in [2.24, 2.45) is 0 Å². The van der Waals surface area contributed by atoms with Crippen LogP contribution in [0.3, 0.4) is 0 Å². The van der Waals surface area contributed by atoms with Gasteiger partial charge in [-0.25, -0.2) is 8.78 Å². The summed E-state index contributed by atoms with van der Waals surface area (Å²) in [5.41, 5.74) is 3.12. The minimum absolute atomic E-state index is 0.00338. The second-order valence-corrected chi connectivity index (χ2v) is 12.9. The lowest BCUT2D eigenvalue weighted by molar-refractivity contribution is -0.120. The molecule has 2 aromatic carbocycles. The number of hydrogen-bond acceptors (Lipinski definition) is 8. The number of methoxy groups -OCH3 is 2. The number of benzene rings is 2. The quantitative estimate of drug-likeness (QED) is 0.136. The summed E-state index contributed by atoms with van der Waals surface area (Å²) in [6.07, 6.45) is 5.52. The van der Waals surface area contributed by atoms with E-state index in [9.17, 15) is 9.59 Å². The van der Waals surface area contributed by atoms with Crippen LogP contribution in [0.5, 0.6) is 11.5 Å². The number of carbonyl (C=O) groups is 2. The highest BCUT2D eigenvalue weighted by atomic mass is 35.5. The minimum Gasteiger partial charge on any atom is -0.496 e. The maximum atomic E-state index is 15.5. The van der Waals surface area contributed by atoms with Gasteiger partial charge in [-0.15, -0.1) is 0 Å². The molecule has 2 atom stereocenters. The fourth-order valence-electron chi connectivity index (χ4n) is 6.31. The number of carbonyl (C=O) groups excluding carboxylic acids is 2. The van der Waals surface area contributed by atoms with Gasteiger partial charge in [0.2, 0.25) is 11.8 Å². The zero-order valence-electron chi connectivity index (χ0n) is 27.5. The normalized spacial score (nSPS) is 17.2. The monoisotopic (exact) mass is 724 g/mol. The highest BCUT2D eigenvalue weighted by Gasteiger charge is 2.24. The number of nitrogens with one attached hydrogen (secondary N) is 4. The molecule has 2 fully saturated rings. The van der Waals surface area contributed by atoms with E-state index in [2.05, 4.69) is 31.2 Å². The summed E-state index contributed by atoms with van der Waals surface area (Å²) in [6.45, 7) is 1.40. The number of halogens is 4. The van der Waals surface area contributed by atoms with Gasteiger partial charge in [-0.2, -0.15) is 0 Å². The van der Waals surface area contributed by atoms with Crippen LogP contribution in [0, 0.1) is 11.6 Å². The van der Waals surface area contributed by atoms with Gasteiger partial charge in [-0.1, -0.05) is 23.2 Å². The number of ether oxygens (including phenoxy) is 2. The molecule has 0 radical (unpaired) electrons. The van der Waals surface area contributed by atoms with E-state index in [4.69, 9.17) is 32.7 Å². The first-order valence-electron chi connectivity index (χ1n) is 16.2. The first kappa shape index (κ1) is 35.5. The Hall–Kier alpha value is -4.36. The van der Waals surface area contributed by atoms with Crippen LogP contribution in [0.2, 0.25) is 10.0 Å². The molecule has 0 bridgehead atoms. The lowest BCUT2D eigenvalue weighted by Crippen LogP contribution is -2.35. The van der Waals surface area contributed by atoms with Gasteiger partial charge in [0.25, 0.3) is 0 Å². The van der Waals surface area contributed by atoms with Gasteiger partial charge in [0, 0.05) is 96.9 Å². The van der Waals surface area contributed by atoms with Gasteiger partial charge in [0.15, 0.2) is 0 Å². The van der Waals surface area contributed by atoms with E-state index in [1.165, 1.54) is 26.4 Å². The molecule has 2 amide bonds. The van der Waals surface area contributed by atoms with Gasteiger partial charge >= 0.3 is 0 Å². The van der Waals surface area contributed by atoms with Crippen LogP contribution in [0.1, 0.15) is 36.8 Å². The molecule has 0 saturated carbocycles. The molecule has 0 aliphatic carbocycles. The van der Waals surface area contributed by atoms with Crippen LogP contribution in [0.4, 0.5) is 8.78 Å². The van der Waals surface area contributed by atoms with Crippen molar-refractivity contribution in [3.63, 3.8) is 0 Å². The van der Waals surface area contributed by atoms with Crippen molar-refractivity contribution in [2.75, 3.05) is 27.3 Å². The smallest absolute Gasteiger partial charge is 0.220 e. The average molecular weight is 726 g/mol. The molecular weight excluding hydrogens is 689 g/mol. The number of aromatic nitrogens is 2. The van der Waals surface area contributed by atoms with Crippen molar-refractivity contribution in [3.05, 3.63) is 81.6 Å². The average Bonchev–Trinajstić information content (AvgIpc) is 3.72. The van der Waals surface area contributed by atoms with E-state index in [0.717, 1.165) is 12.8 Å². The first-order chi connectivity index (χ1) is 24.2. The fraction of sp³-hybridized carbons (Fsp3) is 0.333. The number of nitrogens with zero attached hydrogens (tertiary/aromatic N) is 2. The lowest BCUT2D eigenvalue weighted by Gasteiger charge is -2.17. The minimum atomic E-state index is -0.505. The Morgan fingerprint density at radius 3 is 1.52 bits per heavy atom. The molecule has 2 aromatic heterocycles. The Kier molecular flexibility index (Phi) is 11.1. The largest absolute Gasteiger partial charge is 0.496 e. The van der Waals surface area contributed by atoms with Crippen LogP contribution in [0.15, 0.2) is 48.8 Å². The Morgan fingerprint density at radius 1 is 0.740 bits per heavy atom. The Balaban J connectivity index is 1.24. The fourth-order valence-corrected chi connectivity index (χ4v) is 6.96. The second kappa shape index (κ2) is 15.7. The predicted molar refractivity (Wildman–Crippen MR) is 187 cm³/mol. The van der Waals surface area contributed by atoms with Crippen molar-refractivity contribution in [1.29, 1.82) is 0 Å². The molecule has 4 heterocycles. The summed E-state index contributed by atoms with van der Waals surface area (Å²) in [6, 6.07) is 9.43. The lowest BCUT2D eigenvalue weighted by atomic mass is 9.99. The van der Waals surface area contributed by atoms with Gasteiger partial charge in [-0.3, -0.25) is 19.6 Å². The molecule has 50 heavy (non-hydrogen) atoms. The van der Waals surface area contributed by atoms with E-state index in [-0.39, 0.29) is 47.0 Å². The summed E-state index contributed by atoms with van der Waals surface area (Å²) in [7, 11) is 2.92. The van der Waals surface area contributed by atoms with Crippen LogP contribution >= 0.6 is 23.2 Å². The standard InChI is InChI=1S/C36H36Cl2F2N6O4/c1-49-29-13-19(11-27(39)25(29)17-41-15-21-3-5-31(47)45-21)35-33(37)23(7-9-43-35)24-8-10-44-36(34(24)38)20-12-28(40)26(30(14-20)50-2)18-42-16-22-4-6-32(48)46-22/h7-14,21-22,41-42H,3-6,15-18H2,1-2H3,(H,45,47)(H,46,48)/t21-,22+. The van der Waals surface area contributed by atoms with Crippen molar-refractivity contribution in [2.45, 2.75) is 50.9 Å². The zero-order chi connectivity index (χ0) is 35.4. The highest BCUT2D eigenvalue weighted by Crippen LogP contribution is 2.42. The topological polar surface area (TPSA) is 127 Å². The van der Waals surface area contributed by atoms with Gasteiger partial charge < -0.3 is 30.7 Å². The molecule has 0 spiro atoms. The van der Waals surface area contributed by atoms with Crippen molar-refractivity contribution < 1.29 is 27.8 Å². The van der Waals surface area contributed by atoms with E-state index in [0.29, 0.717) is 82.2 Å². The van der Waals surface area contributed by atoms with Crippen molar-refractivity contribution >= 4 is 35.0 Å². The molecule has 2 aliphatic rings. The maximum Gasteiger partial charge on any atom is 0.220 e. The Bertz CT molecular complexity index is 1790. The molecule has 0 unspecified atom stereocenters. The van der Waals surface area contributed by atoms with Gasteiger partial charge in [-0.05, 0) is 49.2 Å². The molecular formula is C36H36Cl2F2N6O4. The van der Waals surface area contributed by atoms with Crippen LogP contribution < -0.4 is 30.7 Å². The summed E-state index contributed by atoms with van der Waals surface area (Å²) in [5.74, 6) is -0.349. The molecule has 4 N–H and O–H groups in total. The molecule has 6 rings (SSSR count). The summed E-state index contributed by atoms with van der Waals surface area (Å²) in [4.78, 5) is 31.9. The third-order valence-corrected chi connectivity index (χ3v) is 9.68. The third-order valence-electron chi connectivity index (χ3n) is 8.92. The Morgan fingerprint density at radius 2 is 1.16 bits per heavy atom. The van der Waals surface area contributed by atoms with Crippen molar-refractivity contribution in [1.82, 2.24) is 31.2 Å². The third kappa shape index (κ3) is 7.68. The van der Waals surface area contributed by atoms with E-state index >= 15 is 8.78 Å². The van der Waals surface area contributed by atoms with E-state index < -0.39 is 11.6 Å². The van der Waals surface area contributed by atoms with Crippen LogP contribution in [-0.2, 0) is 22.7 Å². The van der Waals surface area contributed by atoms with Gasteiger partial charge in [0.1, 0.15) is 23.1 Å². The molecule has 4 aromatic rings. The van der Waals surface area contributed by atoms with Crippen LogP contribution in [0.25, 0.3) is 33.6 Å². The highest BCUT2D eigenvalue weighted by molar-refractivity contribution is 6.39. The maximum absolute atomic E-state index is 15.5. The molecule has 14 heteroatoms. The molecule has 10 nitrogen and oxygen atoms in total. The Labute approximate surface area is 298 Å². The van der Waals surface area contributed by atoms with E-state index in [1.54, 1.807) is 36.7 Å². The summed E-state index contributed by atoms with van der Waals surface area (Å²) < 4.78 is 42.1. The van der Waals surface area contributed by atoms with Crippen LogP contribution in [-0.4, -0.2) is 61.2 Å². The summed E-state index contributed by atoms with van der Waals surface area (Å²) in [5, 5.41) is 12.6. The van der Waals surface area contributed by atoms with E-state index in [1.807, 2.05) is 0 Å². The number of pyridine rings is 2. The number of amides is 2. The van der Waals surface area contributed by atoms with Gasteiger partial charge in [0.05, 0.1) is 35.7 Å². The number of rotatable bonds is 13. The van der Waals surface area contributed by atoms with Crippen molar-refractivity contribution in [3.8, 4) is 45.1 Å². The molecule has 262 valence electrons. The number of hydrogen-bond donors (Lipinski definition) is 4. The summed E-state index contributed by atoms with van der Waals surface area (Å²) >= 11 is 13.9. The first-order valence-corrected chi connectivity index (χ1v) is 17.0.